The molecule has 0 bridgehead atoms. The Morgan fingerprint density at radius 3 is 2.38 bits per heavy atom. The summed E-state index contributed by atoms with van der Waals surface area (Å²) < 4.78 is 4.86. The van der Waals surface area contributed by atoms with Gasteiger partial charge in [-0.1, -0.05) is 30.3 Å². The first-order chi connectivity index (χ1) is 12.5. The molecule has 2 aromatic rings. The van der Waals surface area contributed by atoms with Crippen LogP contribution in [0.2, 0.25) is 0 Å². The van der Waals surface area contributed by atoms with Gasteiger partial charge in [0.05, 0.1) is 23.2 Å². The fourth-order valence-corrected chi connectivity index (χ4v) is 2.61. The maximum Gasteiger partial charge on any atom is 0.338 e. The van der Waals surface area contributed by atoms with Crippen LogP contribution in [-0.4, -0.2) is 42.2 Å². The first-order valence-electron chi connectivity index (χ1n) is 7.93. The van der Waals surface area contributed by atoms with Crippen LogP contribution in [0, 0.1) is 0 Å². The number of nitrogens with one attached hydrogen (secondary N) is 1. The average Bonchev–Trinajstić information content (AvgIpc) is 2.91. The molecule has 0 radical (unpaired) electrons. The predicted molar refractivity (Wildman–Crippen MR) is 91.4 cm³/mol. The van der Waals surface area contributed by atoms with Gasteiger partial charge < -0.3 is 10.1 Å². The molecule has 26 heavy (non-hydrogen) atoms. The number of hydrogen-bond acceptors (Lipinski definition) is 5. The fraction of sp³-hybridized carbons (Fsp3) is 0.158. The van der Waals surface area contributed by atoms with Gasteiger partial charge in [0, 0.05) is 7.05 Å². The monoisotopic (exact) mass is 352 g/mol. The van der Waals surface area contributed by atoms with E-state index in [1.165, 1.54) is 25.2 Å². The van der Waals surface area contributed by atoms with Crippen molar-refractivity contribution in [2.75, 3.05) is 13.7 Å². The first-order valence-corrected chi connectivity index (χ1v) is 7.93. The molecule has 0 atom stereocenters. The van der Waals surface area contributed by atoms with Crippen molar-refractivity contribution in [3.63, 3.8) is 0 Å². The molecule has 0 saturated heterocycles. The molecular weight excluding hydrogens is 336 g/mol. The van der Waals surface area contributed by atoms with Crippen LogP contribution in [0.1, 0.15) is 36.6 Å². The molecule has 1 aliphatic rings. The average molecular weight is 352 g/mol. The summed E-state index contributed by atoms with van der Waals surface area (Å²) >= 11 is 0. The van der Waals surface area contributed by atoms with Crippen LogP contribution < -0.4 is 5.32 Å². The molecule has 2 aromatic carbocycles. The third-order valence-electron chi connectivity index (χ3n) is 4.00. The number of fused-ring (bicyclic) bond motifs is 1. The van der Waals surface area contributed by atoms with Gasteiger partial charge in [-0.2, -0.15) is 0 Å². The number of rotatable bonds is 5. The molecule has 0 aliphatic carbocycles. The molecule has 7 heteroatoms. The summed E-state index contributed by atoms with van der Waals surface area (Å²) in [5, 5.41) is 2.33. The van der Waals surface area contributed by atoms with E-state index in [9.17, 15) is 19.2 Å². The maximum absolute atomic E-state index is 12.6. The van der Waals surface area contributed by atoms with Gasteiger partial charge >= 0.3 is 5.97 Å². The summed E-state index contributed by atoms with van der Waals surface area (Å²) in [6.45, 7) is -0.261. The Balaban J connectivity index is 1.79. The first kappa shape index (κ1) is 17.3. The summed E-state index contributed by atoms with van der Waals surface area (Å²) in [6, 6.07) is 13.3. The van der Waals surface area contributed by atoms with Crippen molar-refractivity contribution >= 4 is 23.7 Å². The van der Waals surface area contributed by atoms with Gasteiger partial charge in [0.1, 0.15) is 0 Å². The second-order valence-corrected chi connectivity index (χ2v) is 5.69. The van der Waals surface area contributed by atoms with Crippen LogP contribution in [0.15, 0.2) is 48.5 Å². The van der Waals surface area contributed by atoms with Crippen molar-refractivity contribution < 1.29 is 23.9 Å². The summed E-state index contributed by atoms with van der Waals surface area (Å²) in [5.41, 5.74) is 1.33. The highest BCUT2D eigenvalue weighted by Gasteiger charge is 2.36. The molecule has 0 fully saturated rings. The van der Waals surface area contributed by atoms with Gasteiger partial charge in [-0.25, -0.2) is 4.79 Å². The van der Waals surface area contributed by atoms with Crippen molar-refractivity contribution in [1.82, 2.24) is 10.2 Å². The highest BCUT2D eigenvalue weighted by Crippen LogP contribution is 2.26. The van der Waals surface area contributed by atoms with E-state index in [-0.39, 0.29) is 23.2 Å². The molecule has 132 valence electrons. The van der Waals surface area contributed by atoms with Crippen LogP contribution >= 0.6 is 0 Å². The molecule has 0 aromatic heterocycles. The number of benzene rings is 2. The van der Waals surface area contributed by atoms with E-state index < -0.39 is 30.3 Å². The fourth-order valence-electron chi connectivity index (χ4n) is 2.61. The molecule has 0 unspecified atom stereocenters. The quantitative estimate of drug-likeness (QED) is 0.648. The minimum atomic E-state index is -0.738. The van der Waals surface area contributed by atoms with E-state index in [4.69, 9.17) is 4.74 Å². The minimum absolute atomic E-state index is 0.107. The second-order valence-electron chi connectivity index (χ2n) is 5.69. The Morgan fingerprint density at radius 2 is 1.69 bits per heavy atom. The summed E-state index contributed by atoms with van der Waals surface area (Å²) in [5.74, 6) is -2.05. The van der Waals surface area contributed by atoms with Crippen LogP contribution in [0.5, 0.6) is 0 Å². The Hall–Kier alpha value is -3.48. The molecule has 3 amide bonds. The Bertz CT molecular complexity index is 892. The van der Waals surface area contributed by atoms with Gasteiger partial charge in [0.15, 0.2) is 6.61 Å². The zero-order valence-corrected chi connectivity index (χ0v) is 14.0. The summed E-state index contributed by atoms with van der Waals surface area (Å²) in [6.07, 6.45) is 0. The molecule has 1 N–H and O–H groups in total. The highest BCUT2D eigenvalue weighted by molar-refractivity contribution is 6.21. The van der Waals surface area contributed by atoms with Crippen molar-refractivity contribution in [1.29, 1.82) is 0 Å². The van der Waals surface area contributed by atoms with Crippen LogP contribution in [0.4, 0.5) is 0 Å². The van der Waals surface area contributed by atoms with E-state index in [1.807, 2.05) is 30.3 Å². The molecule has 1 heterocycles. The topological polar surface area (TPSA) is 92.8 Å². The van der Waals surface area contributed by atoms with Crippen molar-refractivity contribution in [2.24, 2.45) is 0 Å². The minimum Gasteiger partial charge on any atom is -0.452 e. The second kappa shape index (κ2) is 7.18. The number of carbonyl (C=O) groups excluding carboxylic acids is 4. The normalized spacial score (nSPS) is 12.7. The number of esters is 1. The molecule has 1 aliphatic heterocycles. The Morgan fingerprint density at radius 1 is 1.00 bits per heavy atom. The summed E-state index contributed by atoms with van der Waals surface area (Å²) in [4.78, 5) is 49.4. The molecule has 3 rings (SSSR count). The van der Waals surface area contributed by atoms with Crippen LogP contribution in [-0.2, 0) is 16.1 Å². The molecule has 0 saturated carbocycles. The standard InChI is InChI=1S/C19H16N2O5/c1-20-16(22)11-26-19(25)13-7-8-14-15(9-13)18(24)21(17(14)23)10-12-5-3-2-4-6-12/h2-9H,10-11H2,1H3,(H,20,22). The van der Waals surface area contributed by atoms with E-state index in [0.29, 0.717) is 0 Å². The molecular formula is C19H16N2O5. The SMILES string of the molecule is CNC(=O)COC(=O)c1ccc2c(c1)C(=O)N(Cc1ccccc1)C2=O. The third kappa shape index (κ3) is 3.32. The lowest BCUT2D eigenvalue weighted by Gasteiger charge is -2.13. The van der Waals surface area contributed by atoms with Crippen LogP contribution in [0.3, 0.4) is 0 Å². The molecule has 0 spiro atoms. The highest BCUT2D eigenvalue weighted by atomic mass is 16.5. The van der Waals surface area contributed by atoms with Gasteiger partial charge in [0.2, 0.25) is 0 Å². The maximum atomic E-state index is 12.6. The van der Waals surface area contributed by atoms with Gasteiger partial charge in [0.25, 0.3) is 17.7 Å². The largest absolute Gasteiger partial charge is 0.452 e. The van der Waals surface area contributed by atoms with Gasteiger partial charge in [-0.05, 0) is 23.8 Å². The number of ether oxygens (including phenoxy) is 1. The van der Waals surface area contributed by atoms with E-state index in [1.54, 1.807) is 0 Å². The van der Waals surface area contributed by atoms with E-state index in [2.05, 4.69) is 5.32 Å². The Labute approximate surface area is 149 Å². The Kier molecular flexibility index (Phi) is 4.79. The number of carbonyl (C=O) groups is 4. The van der Waals surface area contributed by atoms with Gasteiger partial charge in [-0.3, -0.25) is 19.3 Å². The number of amides is 3. The number of hydrogen-bond donors (Lipinski definition) is 1. The van der Waals surface area contributed by atoms with E-state index >= 15 is 0 Å². The number of imide groups is 1. The van der Waals surface area contributed by atoms with Crippen LogP contribution in [0.25, 0.3) is 0 Å². The number of likely N-dealkylation sites (N-methyl/N-ethyl adjacent to an activating group) is 1. The zero-order chi connectivity index (χ0) is 18.7. The van der Waals surface area contributed by atoms with Crippen molar-refractivity contribution in [3.8, 4) is 0 Å². The lowest BCUT2D eigenvalue weighted by atomic mass is 10.1. The summed E-state index contributed by atoms with van der Waals surface area (Å²) in [7, 11) is 1.43. The number of nitrogens with zero attached hydrogens (tertiary/aromatic N) is 1. The van der Waals surface area contributed by atoms with Crippen molar-refractivity contribution in [2.45, 2.75) is 6.54 Å². The lowest BCUT2D eigenvalue weighted by Crippen LogP contribution is -2.29. The van der Waals surface area contributed by atoms with Crippen molar-refractivity contribution in [3.05, 3.63) is 70.8 Å². The smallest absolute Gasteiger partial charge is 0.338 e. The van der Waals surface area contributed by atoms with E-state index in [0.717, 1.165) is 10.5 Å². The lowest BCUT2D eigenvalue weighted by molar-refractivity contribution is -0.123. The zero-order valence-electron chi connectivity index (χ0n) is 14.0. The third-order valence-corrected chi connectivity index (χ3v) is 4.00. The van der Waals surface area contributed by atoms with Gasteiger partial charge in [-0.15, -0.1) is 0 Å². The molecule has 7 nitrogen and oxygen atoms in total. The predicted octanol–water partition coefficient (Wildman–Crippen LogP) is 1.39.